The number of hydrogen-bond acceptors (Lipinski definition) is 3. The van der Waals surface area contributed by atoms with Crippen molar-refractivity contribution in [1.29, 1.82) is 0 Å². The minimum Gasteiger partial charge on any atom is -0.480 e. The van der Waals surface area contributed by atoms with E-state index in [1.807, 2.05) is 0 Å². The zero-order valence-electron chi connectivity index (χ0n) is 9.81. The Morgan fingerprint density at radius 1 is 1.26 bits per heavy atom. The van der Waals surface area contributed by atoms with Gasteiger partial charge in [-0.25, -0.2) is 9.59 Å². The zero-order chi connectivity index (χ0) is 14.6. The van der Waals surface area contributed by atoms with Crippen LogP contribution in [0.2, 0.25) is 0 Å². The van der Waals surface area contributed by atoms with Gasteiger partial charge in [0, 0.05) is 5.57 Å². The molecule has 0 amide bonds. The second-order valence-electron chi connectivity index (χ2n) is 3.63. The molecule has 0 aromatic heterocycles. The summed E-state index contributed by atoms with van der Waals surface area (Å²) in [6.07, 6.45) is 1.50. The van der Waals surface area contributed by atoms with E-state index in [9.17, 15) is 9.59 Å². The van der Waals surface area contributed by atoms with Crippen LogP contribution in [0.25, 0.3) is 6.08 Å². The lowest BCUT2D eigenvalue weighted by Crippen LogP contribution is -2.10. The van der Waals surface area contributed by atoms with Gasteiger partial charge >= 0.3 is 11.9 Å². The fraction of sp³-hybridized carbons (Fsp3) is 0.167. The van der Waals surface area contributed by atoms with Crippen LogP contribution in [0.1, 0.15) is 12.5 Å². The first kappa shape index (κ1) is 15.7. The van der Waals surface area contributed by atoms with Gasteiger partial charge in [0.05, 0.1) is 8.95 Å². The van der Waals surface area contributed by atoms with Gasteiger partial charge in [0.1, 0.15) is 5.75 Å². The second-order valence-corrected chi connectivity index (χ2v) is 5.34. The van der Waals surface area contributed by atoms with Gasteiger partial charge in [-0.15, -0.1) is 0 Å². The summed E-state index contributed by atoms with van der Waals surface area (Å²) >= 11 is 6.50. The predicted molar refractivity (Wildman–Crippen MR) is 76.3 cm³/mol. The Kier molecular flexibility index (Phi) is 5.56. The number of rotatable bonds is 5. The first-order valence-corrected chi connectivity index (χ1v) is 6.65. The standard InChI is InChI=1S/C12H10Br2O5/c1-6(12(17)18)2-7-3-8(13)11(9(14)4-7)19-5-10(15)16/h2-4H,5H2,1H3,(H,15,16)(H,17,18)/b6-2+. The minimum atomic E-state index is -1.08. The third kappa shape index (κ3) is 4.68. The van der Waals surface area contributed by atoms with Crippen LogP contribution in [0.4, 0.5) is 0 Å². The topological polar surface area (TPSA) is 83.8 Å². The molecule has 0 unspecified atom stereocenters. The molecule has 0 aliphatic rings. The Balaban J connectivity index is 3.06. The average molecular weight is 394 g/mol. The number of aliphatic carboxylic acids is 2. The largest absolute Gasteiger partial charge is 0.480 e. The van der Waals surface area contributed by atoms with Gasteiger partial charge in [0.2, 0.25) is 0 Å². The van der Waals surface area contributed by atoms with Crippen molar-refractivity contribution in [3.63, 3.8) is 0 Å². The Labute approximate surface area is 126 Å². The van der Waals surface area contributed by atoms with Crippen LogP contribution < -0.4 is 4.74 Å². The normalized spacial score (nSPS) is 11.2. The molecule has 0 spiro atoms. The Hall–Kier alpha value is -1.34. The van der Waals surface area contributed by atoms with Crippen LogP contribution in [0.5, 0.6) is 5.75 Å². The van der Waals surface area contributed by atoms with Crippen LogP contribution in [0.3, 0.4) is 0 Å². The summed E-state index contributed by atoms with van der Waals surface area (Å²) in [7, 11) is 0. The van der Waals surface area contributed by atoms with Crippen LogP contribution in [-0.2, 0) is 9.59 Å². The van der Waals surface area contributed by atoms with E-state index in [0.29, 0.717) is 20.3 Å². The van der Waals surface area contributed by atoms with Crippen molar-refractivity contribution in [2.24, 2.45) is 0 Å². The quantitative estimate of drug-likeness (QED) is 0.750. The second kappa shape index (κ2) is 6.72. The molecule has 0 bridgehead atoms. The first-order valence-electron chi connectivity index (χ1n) is 5.06. The van der Waals surface area contributed by atoms with E-state index >= 15 is 0 Å². The molecule has 1 aromatic rings. The van der Waals surface area contributed by atoms with Crippen molar-refractivity contribution in [1.82, 2.24) is 0 Å². The summed E-state index contributed by atoms with van der Waals surface area (Å²) in [5, 5.41) is 17.4. The maximum Gasteiger partial charge on any atom is 0.341 e. The molecule has 1 aromatic carbocycles. The molecule has 0 aliphatic heterocycles. The molecule has 102 valence electrons. The van der Waals surface area contributed by atoms with Crippen LogP contribution in [0, 0.1) is 0 Å². The van der Waals surface area contributed by atoms with Crippen molar-refractivity contribution in [2.45, 2.75) is 6.92 Å². The van der Waals surface area contributed by atoms with Gasteiger partial charge < -0.3 is 14.9 Å². The lowest BCUT2D eigenvalue weighted by Gasteiger charge is -2.09. The summed E-state index contributed by atoms with van der Waals surface area (Å²) in [6, 6.07) is 3.29. The van der Waals surface area contributed by atoms with Gasteiger partial charge in [-0.05, 0) is 62.6 Å². The molecule has 0 atom stereocenters. The van der Waals surface area contributed by atoms with Gasteiger partial charge in [-0.2, -0.15) is 0 Å². The number of halogens is 2. The minimum absolute atomic E-state index is 0.193. The highest BCUT2D eigenvalue weighted by atomic mass is 79.9. The van der Waals surface area contributed by atoms with E-state index < -0.39 is 18.5 Å². The maximum absolute atomic E-state index is 10.7. The SMILES string of the molecule is C/C(=C\c1cc(Br)c(OCC(=O)O)c(Br)c1)C(=O)O. The van der Waals surface area contributed by atoms with Crippen molar-refractivity contribution >= 4 is 49.9 Å². The molecule has 1 rings (SSSR count). The molecule has 0 aliphatic carbocycles. The Morgan fingerprint density at radius 3 is 2.21 bits per heavy atom. The van der Waals surface area contributed by atoms with E-state index in [0.717, 1.165) is 0 Å². The number of carbonyl (C=O) groups is 2. The molecular formula is C12H10Br2O5. The maximum atomic E-state index is 10.7. The predicted octanol–water partition coefficient (Wildman–Crippen LogP) is 3.16. The molecule has 0 heterocycles. The molecule has 7 heteroatoms. The van der Waals surface area contributed by atoms with E-state index in [1.54, 1.807) is 12.1 Å². The fourth-order valence-corrected chi connectivity index (χ4v) is 2.70. The number of benzene rings is 1. The van der Waals surface area contributed by atoms with Crippen LogP contribution >= 0.6 is 31.9 Å². The molecule has 0 fully saturated rings. The summed E-state index contributed by atoms with van der Waals surface area (Å²) in [4.78, 5) is 21.2. The molecule has 0 radical (unpaired) electrons. The van der Waals surface area contributed by atoms with Crippen molar-refractivity contribution in [3.05, 3.63) is 32.2 Å². The molecule has 19 heavy (non-hydrogen) atoms. The lowest BCUT2D eigenvalue weighted by molar-refractivity contribution is -0.139. The summed E-state index contributed by atoms with van der Waals surface area (Å²) in [5.41, 5.74) is 0.847. The highest BCUT2D eigenvalue weighted by Gasteiger charge is 2.11. The number of carboxylic acid groups (broad SMARTS) is 2. The summed E-state index contributed by atoms with van der Waals surface area (Å²) < 4.78 is 6.18. The Bertz CT molecular complexity index is 528. The van der Waals surface area contributed by atoms with Gasteiger partial charge in [-0.3, -0.25) is 0 Å². The third-order valence-electron chi connectivity index (χ3n) is 2.08. The van der Waals surface area contributed by atoms with E-state index in [1.165, 1.54) is 13.0 Å². The molecule has 0 saturated heterocycles. The highest BCUT2D eigenvalue weighted by molar-refractivity contribution is 9.11. The molecule has 2 N–H and O–H groups in total. The number of carboxylic acids is 2. The van der Waals surface area contributed by atoms with Crippen LogP contribution in [0.15, 0.2) is 26.7 Å². The van der Waals surface area contributed by atoms with Gasteiger partial charge in [-0.1, -0.05) is 0 Å². The van der Waals surface area contributed by atoms with Crippen molar-refractivity contribution in [2.75, 3.05) is 6.61 Å². The Morgan fingerprint density at radius 2 is 1.79 bits per heavy atom. The van der Waals surface area contributed by atoms with Crippen molar-refractivity contribution in [3.8, 4) is 5.75 Å². The van der Waals surface area contributed by atoms with Gasteiger partial charge in [0.25, 0.3) is 0 Å². The third-order valence-corrected chi connectivity index (χ3v) is 3.26. The summed E-state index contributed by atoms with van der Waals surface area (Å²) in [6.45, 7) is 1.03. The van der Waals surface area contributed by atoms with E-state index in [2.05, 4.69) is 31.9 Å². The van der Waals surface area contributed by atoms with Gasteiger partial charge in [0.15, 0.2) is 6.61 Å². The van der Waals surface area contributed by atoms with Crippen LogP contribution in [-0.4, -0.2) is 28.8 Å². The lowest BCUT2D eigenvalue weighted by atomic mass is 10.1. The highest BCUT2D eigenvalue weighted by Crippen LogP contribution is 2.35. The smallest absolute Gasteiger partial charge is 0.341 e. The zero-order valence-corrected chi connectivity index (χ0v) is 13.0. The number of ether oxygens (including phenoxy) is 1. The van der Waals surface area contributed by atoms with E-state index in [4.69, 9.17) is 14.9 Å². The molecular weight excluding hydrogens is 384 g/mol. The average Bonchev–Trinajstić information content (AvgIpc) is 2.27. The number of hydrogen-bond donors (Lipinski definition) is 2. The van der Waals surface area contributed by atoms with E-state index in [-0.39, 0.29) is 5.57 Å². The fourth-order valence-electron chi connectivity index (χ4n) is 1.25. The monoisotopic (exact) mass is 392 g/mol. The molecule has 0 saturated carbocycles. The van der Waals surface area contributed by atoms with Crippen molar-refractivity contribution < 1.29 is 24.5 Å². The summed E-state index contributed by atoms with van der Waals surface area (Å²) in [5.74, 6) is -1.73. The molecule has 5 nitrogen and oxygen atoms in total. The first-order chi connectivity index (χ1) is 8.81.